The quantitative estimate of drug-likeness (QED) is 0.509. The number of nitrogens with one attached hydrogen (secondary N) is 1. The SMILES string of the molecule is CC(C)OC(=O)C1=C(CN2CCOC[C@@H]2OC(=O)O)NC(c2nccs2)=N[C@H]1c1ccc(F)cc1Cl. The average Bonchev–Trinajstić information content (AvgIpc) is 3.34. The normalized spacial score (nSPS) is 20.6. The Hall–Kier alpha value is -3.06. The van der Waals surface area contributed by atoms with Gasteiger partial charge in [-0.1, -0.05) is 17.7 Å². The first-order chi connectivity index (χ1) is 17.2. The largest absolute Gasteiger partial charge is 0.507 e. The van der Waals surface area contributed by atoms with Gasteiger partial charge in [-0.3, -0.25) is 9.89 Å². The molecule has 13 heteroatoms. The molecular weight excluding hydrogens is 515 g/mol. The third-order valence-corrected chi connectivity index (χ3v) is 6.48. The van der Waals surface area contributed by atoms with E-state index in [1.807, 2.05) is 0 Å². The predicted molar refractivity (Wildman–Crippen MR) is 129 cm³/mol. The molecule has 2 aliphatic rings. The zero-order valence-corrected chi connectivity index (χ0v) is 21.0. The molecule has 0 aliphatic carbocycles. The Morgan fingerprint density at radius 1 is 1.42 bits per heavy atom. The fourth-order valence-corrected chi connectivity index (χ4v) is 4.72. The second kappa shape index (κ2) is 11.3. The molecule has 192 valence electrons. The molecular formula is C23H24ClFN4O6S. The van der Waals surface area contributed by atoms with E-state index < -0.39 is 36.3 Å². The minimum Gasteiger partial charge on any atom is -0.459 e. The van der Waals surface area contributed by atoms with Gasteiger partial charge in [0.05, 0.1) is 24.9 Å². The Bertz CT molecular complexity index is 1190. The summed E-state index contributed by atoms with van der Waals surface area (Å²) in [5, 5.41) is 14.8. The van der Waals surface area contributed by atoms with Gasteiger partial charge >= 0.3 is 12.1 Å². The molecule has 2 N–H and O–H groups in total. The number of benzene rings is 1. The van der Waals surface area contributed by atoms with E-state index in [0.29, 0.717) is 35.3 Å². The van der Waals surface area contributed by atoms with Crippen molar-refractivity contribution in [1.82, 2.24) is 15.2 Å². The van der Waals surface area contributed by atoms with Crippen molar-refractivity contribution < 1.29 is 33.3 Å². The second-order valence-corrected chi connectivity index (χ2v) is 9.54. The summed E-state index contributed by atoms with van der Waals surface area (Å²) >= 11 is 7.74. The van der Waals surface area contributed by atoms with E-state index in [4.69, 9.17) is 35.9 Å². The highest BCUT2D eigenvalue weighted by Gasteiger charge is 2.37. The molecule has 1 aromatic carbocycles. The standard InChI is InChI=1S/C23H24ClFN4O6S/c1-12(2)34-22(30)18-16(10-29-6-7-33-11-17(29)35-23(31)32)27-20(21-26-5-8-36-21)28-19(18)14-4-3-13(25)9-15(14)24/h3-5,8-9,12,17,19H,6-7,10-11H2,1-2H3,(H,27,28)(H,31,32)/t17-,19-/m0/s1. The van der Waals surface area contributed by atoms with E-state index in [9.17, 15) is 14.0 Å². The number of aliphatic imine (C=N–C) groups is 1. The Balaban J connectivity index is 1.82. The van der Waals surface area contributed by atoms with Gasteiger partial charge in [0.1, 0.15) is 11.9 Å². The van der Waals surface area contributed by atoms with Crippen LogP contribution in [-0.2, 0) is 19.0 Å². The highest BCUT2D eigenvalue weighted by atomic mass is 35.5. The van der Waals surface area contributed by atoms with Crippen molar-refractivity contribution in [2.75, 3.05) is 26.3 Å². The summed E-state index contributed by atoms with van der Waals surface area (Å²) in [5.41, 5.74) is 0.979. The second-order valence-electron chi connectivity index (χ2n) is 8.24. The summed E-state index contributed by atoms with van der Waals surface area (Å²) in [4.78, 5) is 35.4. The Kier molecular flexibility index (Phi) is 8.19. The molecule has 1 aromatic heterocycles. The lowest BCUT2D eigenvalue weighted by Gasteiger charge is -2.36. The molecule has 2 aliphatic heterocycles. The molecule has 1 saturated heterocycles. The number of hydrogen-bond acceptors (Lipinski definition) is 10. The highest BCUT2D eigenvalue weighted by molar-refractivity contribution is 7.11. The van der Waals surface area contributed by atoms with Crippen molar-refractivity contribution in [2.45, 2.75) is 32.2 Å². The van der Waals surface area contributed by atoms with Gasteiger partial charge in [0.25, 0.3) is 0 Å². The van der Waals surface area contributed by atoms with Gasteiger partial charge in [-0.25, -0.2) is 19.0 Å². The average molecular weight is 539 g/mol. The molecule has 0 unspecified atom stereocenters. The number of aromatic nitrogens is 1. The minimum atomic E-state index is -1.44. The molecule has 3 heterocycles. The fourth-order valence-electron chi connectivity index (χ4n) is 3.86. The first kappa shape index (κ1) is 26.0. The number of carboxylic acid groups (broad SMARTS) is 1. The van der Waals surface area contributed by atoms with Crippen LogP contribution in [0.1, 0.15) is 30.5 Å². The minimum absolute atomic E-state index is 0.0337. The van der Waals surface area contributed by atoms with Crippen LogP contribution in [0, 0.1) is 5.82 Å². The van der Waals surface area contributed by atoms with Crippen LogP contribution in [0.4, 0.5) is 9.18 Å². The van der Waals surface area contributed by atoms with E-state index in [2.05, 4.69) is 10.3 Å². The molecule has 0 radical (unpaired) electrons. The summed E-state index contributed by atoms with van der Waals surface area (Å²) in [5.74, 6) is -0.779. The smallest absolute Gasteiger partial charge is 0.459 e. The summed E-state index contributed by atoms with van der Waals surface area (Å²) in [6.07, 6.45) is -1.13. The number of thiazole rings is 1. The Labute approximate surface area is 215 Å². The molecule has 0 bridgehead atoms. The van der Waals surface area contributed by atoms with E-state index >= 15 is 0 Å². The maximum atomic E-state index is 13.9. The number of morpholine rings is 1. The molecule has 4 rings (SSSR count). The zero-order chi connectivity index (χ0) is 25.8. The predicted octanol–water partition coefficient (Wildman–Crippen LogP) is 3.59. The zero-order valence-electron chi connectivity index (χ0n) is 19.4. The number of amidine groups is 1. The molecule has 2 atom stereocenters. The van der Waals surface area contributed by atoms with Gasteiger partial charge in [-0.05, 0) is 26.0 Å². The molecule has 2 aromatic rings. The summed E-state index contributed by atoms with van der Waals surface area (Å²) in [6, 6.07) is 2.94. The van der Waals surface area contributed by atoms with Crippen molar-refractivity contribution >= 4 is 40.9 Å². The number of carbonyl (C=O) groups is 2. The monoisotopic (exact) mass is 538 g/mol. The van der Waals surface area contributed by atoms with Gasteiger partial charge in [0, 0.05) is 40.9 Å². The molecule has 0 spiro atoms. The van der Waals surface area contributed by atoms with Crippen LogP contribution in [0.25, 0.3) is 0 Å². The summed E-state index contributed by atoms with van der Waals surface area (Å²) in [6.45, 7) is 4.25. The highest BCUT2D eigenvalue weighted by Crippen LogP contribution is 2.37. The summed E-state index contributed by atoms with van der Waals surface area (Å²) in [7, 11) is 0. The van der Waals surface area contributed by atoms with Crippen LogP contribution in [0.5, 0.6) is 0 Å². The first-order valence-corrected chi connectivity index (χ1v) is 12.3. The fraction of sp³-hybridized carbons (Fsp3) is 0.391. The van der Waals surface area contributed by atoms with E-state index in [1.54, 1.807) is 30.3 Å². The van der Waals surface area contributed by atoms with Crippen molar-refractivity contribution in [1.29, 1.82) is 0 Å². The Morgan fingerprint density at radius 2 is 2.22 bits per heavy atom. The van der Waals surface area contributed by atoms with E-state index in [1.165, 1.54) is 23.5 Å². The lowest BCUT2D eigenvalue weighted by Crippen LogP contribution is -2.50. The van der Waals surface area contributed by atoms with Crippen molar-refractivity contribution in [3.63, 3.8) is 0 Å². The Morgan fingerprint density at radius 3 is 2.89 bits per heavy atom. The summed E-state index contributed by atoms with van der Waals surface area (Å²) < 4.78 is 29.8. The van der Waals surface area contributed by atoms with Crippen molar-refractivity contribution in [3.8, 4) is 0 Å². The number of esters is 1. The lowest BCUT2D eigenvalue weighted by molar-refractivity contribution is -0.143. The molecule has 0 saturated carbocycles. The third-order valence-electron chi connectivity index (χ3n) is 5.37. The molecule has 0 amide bonds. The van der Waals surface area contributed by atoms with Crippen LogP contribution in [0.2, 0.25) is 5.02 Å². The van der Waals surface area contributed by atoms with E-state index in [-0.39, 0.29) is 23.7 Å². The number of rotatable bonds is 7. The number of hydrogen-bond donors (Lipinski definition) is 2. The number of carbonyl (C=O) groups excluding carboxylic acids is 1. The van der Waals surface area contributed by atoms with Crippen LogP contribution >= 0.6 is 22.9 Å². The van der Waals surface area contributed by atoms with Gasteiger partial charge in [-0.15, -0.1) is 11.3 Å². The maximum absolute atomic E-state index is 13.9. The first-order valence-electron chi connectivity index (χ1n) is 11.1. The van der Waals surface area contributed by atoms with Crippen molar-refractivity contribution in [2.24, 2.45) is 4.99 Å². The van der Waals surface area contributed by atoms with Crippen LogP contribution in [0.3, 0.4) is 0 Å². The van der Waals surface area contributed by atoms with Crippen LogP contribution in [0.15, 0.2) is 46.0 Å². The number of ether oxygens (including phenoxy) is 3. The van der Waals surface area contributed by atoms with Crippen LogP contribution in [-0.4, -0.2) is 71.6 Å². The van der Waals surface area contributed by atoms with Gasteiger partial charge in [-0.2, -0.15) is 0 Å². The third kappa shape index (κ3) is 6.01. The maximum Gasteiger partial charge on any atom is 0.507 e. The molecule has 10 nitrogen and oxygen atoms in total. The van der Waals surface area contributed by atoms with Gasteiger partial charge < -0.3 is 24.6 Å². The number of nitrogens with zero attached hydrogens (tertiary/aromatic N) is 3. The van der Waals surface area contributed by atoms with Crippen molar-refractivity contribution in [3.05, 3.63) is 62.5 Å². The topological polar surface area (TPSA) is 123 Å². The van der Waals surface area contributed by atoms with Gasteiger partial charge in [0.2, 0.25) is 0 Å². The molecule has 1 fully saturated rings. The molecule has 36 heavy (non-hydrogen) atoms. The van der Waals surface area contributed by atoms with Crippen LogP contribution < -0.4 is 5.32 Å². The van der Waals surface area contributed by atoms with Gasteiger partial charge in [0.15, 0.2) is 17.1 Å². The number of halogens is 2. The van der Waals surface area contributed by atoms with E-state index in [0.717, 1.165) is 6.07 Å². The lowest BCUT2D eigenvalue weighted by atomic mass is 9.95.